The van der Waals surface area contributed by atoms with Crippen LogP contribution in [0.5, 0.6) is 11.5 Å². The maximum Gasteiger partial charge on any atom is 0.129 e. The molecule has 0 atom stereocenters. The molecule has 0 aliphatic heterocycles. The molecular weight excluding hydrogens is 178 g/mol. The summed E-state index contributed by atoms with van der Waals surface area (Å²) < 4.78 is 10.4. The Bertz CT molecular complexity index is 299. The van der Waals surface area contributed by atoms with Gasteiger partial charge in [0.25, 0.3) is 0 Å². The highest BCUT2D eigenvalue weighted by atomic mass is 16.5. The van der Waals surface area contributed by atoms with E-state index >= 15 is 0 Å². The van der Waals surface area contributed by atoms with Gasteiger partial charge in [0.15, 0.2) is 0 Å². The molecule has 0 saturated heterocycles. The molecule has 0 radical (unpaired) electrons. The Labute approximate surface area is 84.1 Å². The van der Waals surface area contributed by atoms with Gasteiger partial charge in [0, 0.05) is 6.54 Å². The molecule has 0 unspecified atom stereocenters. The lowest BCUT2D eigenvalue weighted by Crippen LogP contribution is -1.95. The first-order valence-corrected chi connectivity index (χ1v) is 4.41. The third-order valence-corrected chi connectivity index (χ3v) is 1.89. The third kappa shape index (κ3) is 2.26. The molecule has 0 saturated carbocycles. The maximum absolute atomic E-state index is 5.39. The van der Waals surface area contributed by atoms with Gasteiger partial charge in [0.2, 0.25) is 0 Å². The number of nitrogens with two attached hydrogens (primary N) is 1. The molecule has 1 aromatic rings. The molecule has 0 aliphatic rings. The molecule has 0 heterocycles. The molecule has 0 aromatic heterocycles. The van der Waals surface area contributed by atoms with Crippen LogP contribution in [0.2, 0.25) is 0 Å². The summed E-state index contributed by atoms with van der Waals surface area (Å²) in [4.78, 5) is 0. The van der Waals surface area contributed by atoms with Gasteiger partial charge in [-0.25, -0.2) is 0 Å². The molecule has 1 rings (SSSR count). The van der Waals surface area contributed by atoms with E-state index in [2.05, 4.69) is 0 Å². The summed E-state index contributed by atoms with van der Waals surface area (Å²) in [6.07, 6.45) is 3.76. The normalized spacial score (nSPS) is 10.5. The van der Waals surface area contributed by atoms with Crippen molar-refractivity contribution in [1.29, 1.82) is 0 Å². The molecule has 3 nitrogen and oxygen atoms in total. The summed E-state index contributed by atoms with van der Waals surface area (Å²) in [6.45, 7) is 0.501. The zero-order valence-corrected chi connectivity index (χ0v) is 8.49. The van der Waals surface area contributed by atoms with Crippen molar-refractivity contribution < 1.29 is 9.47 Å². The van der Waals surface area contributed by atoms with E-state index in [0.29, 0.717) is 6.54 Å². The van der Waals surface area contributed by atoms with E-state index in [4.69, 9.17) is 15.2 Å². The molecule has 0 bridgehead atoms. The van der Waals surface area contributed by atoms with Crippen LogP contribution < -0.4 is 15.2 Å². The predicted octanol–water partition coefficient (Wildman–Crippen LogP) is 1.68. The Morgan fingerprint density at radius 3 is 2.21 bits per heavy atom. The largest absolute Gasteiger partial charge is 0.496 e. The van der Waals surface area contributed by atoms with Crippen LogP contribution in [0.25, 0.3) is 6.08 Å². The molecule has 0 amide bonds. The monoisotopic (exact) mass is 193 g/mol. The minimum atomic E-state index is 0.501. The number of ether oxygens (including phenoxy) is 2. The zero-order valence-electron chi connectivity index (χ0n) is 8.49. The average molecular weight is 193 g/mol. The fourth-order valence-electron chi connectivity index (χ4n) is 1.23. The third-order valence-electron chi connectivity index (χ3n) is 1.89. The Morgan fingerprint density at radius 1 is 1.21 bits per heavy atom. The van der Waals surface area contributed by atoms with Crippen molar-refractivity contribution in [3.8, 4) is 11.5 Å². The predicted molar refractivity (Wildman–Crippen MR) is 57.6 cm³/mol. The molecule has 14 heavy (non-hydrogen) atoms. The first kappa shape index (κ1) is 10.6. The van der Waals surface area contributed by atoms with Crippen molar-refractivity contribution in [2.45, 2.75) is 0 Å². The first-order valence-electron chi connectivity index (χ1n) is 4.41. The highest BCUT2D eigenvalue weighted by Gasteiger charge is 2.05. The van der Waals surface area contributed by atoms with Crippen molar-refractivity contribution in [2.75, 3.05) is 20.8 Å². The van der Waals surface area contributed by atoms with Gasteiger partial charge in [0.1, 0.15) is 11.5 Å². The van der Waals surface area contributed by atoms with Gasteiger partial charge in [0.05, 0.1) is 19.8 Å². The molecule has 2 N–H and O–H groups in total. The highest BCUT2D eigenvalue weighted by Crippen LogP contribution is 2.29. The van der Waals surface area contributed by atoms with Crippen LogP contribution in [0.1, 0.15) is 5.56 Å². The fraction of sp³-hybridized carbons (Fsp3) is 0.273. The van der Waals surface area contributed by atoms with Crippen LogP contribution in [0.3, 0.4) is 0 Å². The van der Waals surface area contributed by atoms with Crippen molar-refractivity contribution in [3.05, 3.63) is 29.8 Å². The molecule has 0 fully saturated rings. The lowest BCUT2D eigenvalue weighted by Gasteiger charge is -2.09. The van der Waals surface area contributed by atoms with Crippen LogP contribution in [0.4, 0.5) is 0 Å². The second kappa shape index (κ2) is 5.29. The van der Waals surface area contributed by atoms with E-state index in [-0.39, 0.29) is 0 Å². The van der Waals surface area contributed by atoms with Crippen molar-refractivity contribution in [2.24, 2.45) is 5.73 Å². The van der Waals surface area contributed by atoms with Gasteiger partial charge >= 0.3 is 0 Å². The molecule has 76 valence electrons. The van der Waals surface area contributed by atoms with E-state index < -0.39 is 0 Å². The summed E-state index contributed by atoms with van der Waals surface area (Å²) in [6, 6.07) is 5.66. The van der Waals surface area contributed by atoms with E-state index in [9.17, 15) is 0 Å². The van der Waals surface area contributed by atoms with Gasteiger partial charge in [-0.05, 0) is 12.1 Å². The Morgan fingerprint density at radius 2 is 1.79 bits per heavy atom. The molecule has 3 heteroatoms. The van der Waals surface area contributed by atoms with Crippen LogP contribution in [0, 0.1) is 0 Å². The Balaban J connectivity index is 3.12. The summed E-state index contributed by atoms with van der Waals surface area (Å²) in [5.74, 6) is 1.57. The van der Waals surface area contributed by atoms with E-state index in [0.717, 1.165) is 17.1 Å². The van der Waals surface area contributed by atoms with Crippen molar-refractivity contribution in [1.82, 2.24) is 0 Å². The molecule has 0 spiro atoms. The molecular formula is C11H15NO2. The number of hydrogen-bond donors (Lipinski definition) is 1. The summed E-state index contributed by atoms with van der Waals surface area (Å²) in [5, 5.41) is 0. The van der Waals surface area contributed by atoms with E-state index in [1.165, 1.54) is 0 Å². The van der Waals surface area contributed by atoms with Crippen molar-refractivity contribution in [3.63, 3.8) is 0 Å². The van der Waals surface area contributed by atoms with Crippen LogP contribution in [0.15, 0.2) is 24.3 Å². The Hall–Kier alpha value is -1.48. The number of methoxy groups -OCH3 is 2. The second-order valence-electron chi connectivity index (χ2n) is 2.71. The number of hydrogen-bond acceptors (Lipinski definition) is 3. The number of rotatable bonds is 4. The quantitative estimate of drug-likeness (QED) is 0.791. The minimum Gasteiger partial charge on any atom is -0.496 e. The lowest BCUT2D eigenvalue weighted by atomic mass is 10.1. The highest BCUT2D eigenvalue weighted by molar-refractivity contribution is 5.64. The molecule has 0 aliphatic carbocycles. The van der Waals surface area contributed by atoms with Crippen molar-refractivity contribution >= 4 is 6.08 Å². The standard InChI is InChI=1S/C11H15NO2/c1-13-10-6-3-7-11(14-2)9(10)5-4-8-12/h3-7H,8,12H2,1-2H3. The van der Waals surface area contributed by atoms with Gasteiger partial charge in [-0.2, -0.15) is 0 Å². The Kier molecular flexibility index (Phi) is 4.01. The van der Waals surface area contributed by atoms with Gasteiger partial charge < -0.3 is 15.2 Å². The van der Waals surface area contributed by atoms with Crippen LogP contribution >= 0.6 is 0 Å². The minimum absolute atomic E-state index is 0.501. The van der Waals surface area contributed by atoms with Gasteiger partial charge in [-0.1, -0.05) is 18.2 Å². The topological polar surface area (TPSA) is 44.5 Å². The van der Waals surface area contributed by atoms with Crippen LogP contribution in [-0.4, -0.2) is 20.8 Å². The average Bonchev–Trinajstić information content (AvgIpc) is 2.25. The fourth-order valence-corrected chi connectivity index (χ4v) is 1.23. The lowest BCUT2D eigenvalue weighted by molar-refractivity contribution is 0.392. The first-order chi connectivity index (χ1) is 6.83. The number of benzene rings is 1. The van der Waals surface area contributed by atoms with E-state index in [1.54, 1.807) is 14.2 Å². The molecule has 1 aromatic carbocycles. The van der Waals surface area contributed by atoms with Gasteiger partial charge in [-0.15, -0.1) is 0 Å². The zero-order chi connectivity index (χ0) is 10.4. The summed E-state index contributed by atoms with van der Waals surface area (Å²) in [5.41, 5.74) is 6.31. The summed E-state index contributed by atoms with van der Waals surface area (Å²) in [7, 11) is 3.27. The summed E-state index contributed by atoms with van der Waals surface area (Å²) >= 11 is 0. The smallest absolute Gasteiger partial charge is 0.129 e. The van der Waals surface area contributed by atoms with Gasteiger partial charge in [-0.3, -0.25) is 0 Å². The second-order valence-corrected chi connectivity index (χ2v) is 2.71. The maximum atomic E-state index is 5.39. The van der Waals surface area contributed by atoms with Crippen LogP contribution in [-0.2, 0) is 0 Å². The van der Waals surface area contributed by atoms with E-state index in [1.807, 2.05) is 30.4 Å². The SMILES string of the molecule is COc1cccc(OC)c1C=CCN.